The van der Waals surface area contributed by atoms with Crippen LogP contribution in [0, 0.1) is 0 Å². The molecule has 1 aromatic heterocycles. The van der Waals surface area contributed by atoms with Crippen molar-refractivity contribution in [2.75, 3.05) is 0 Å². The fraction of sp³-hybridized carbons (Fsp3) is 0.222. The highest BCUT2D eigenvalue weighted by Crippen LogP contribution is 1.73. The summed E-state index contributed by atoms with van der Waals surface area (Å²) in [6.07, 6.45) is 4.16. The number of aromatic nitrogens is 1. The first kappa shape index (κ1) is 10.5. The van der Waals surface area contributed by atoms with Crippen LogP contribution < -0.4 is 0 Å². The molecular weight excluding hydrogens is 154 g/mol. The Labute approximate surface area is 71.4 Å². The van der Waals surface area contributed by atoms with E-state index in [1.165, 1.54) is 6.92 Å². The second kappa shape index (κ2) is 7.60. The molecule has 0 aliphatic heterocycles. The lowest BCUT2D eigenvalue weighted by atomic mass is 10.3. The molecule has 0 spiro atoms. The van der Waals surface area contributed by atoms with E-state index in [0.717, 1.165) is 0 Å². The monoisotopic (exact) mass is 165 g/mol. The molecule has 3 heteroatoms. The predicted molar refractivity (Wildman–Crippen MR) is 45.6 cm³/mol. The lowest BCUT2D eigenvalue weighted by Crippen LogP contribution is -1.87. The van der Waals surface area contributed by atoms with Crippen LogP contribution in [0.1, 0.15) is 13.3 Å². The number of nitrogens with zero attached hydrogens (tertiary/aromatic N) is 1. The Balaban J connectivity index is 0.000000202. The molecule has 0 radical (unpaired) electrons. The number of rotatable bonds is 2. The summed E-state index contributed by atoms with van der Waals surface area (Å²) in [5.41, 5.74) is 0. The lowest BCUT2D eigenvalue weighted by Gasteiger charge is -1.71. The highest BCUT2D eigenvalue weighted by molar-refractivity contribution is 5.87. The van der Waals surface area contributed by atoms with Crippen LogP contribution in [-0.2, 0) is 9.59 Å². The molecule has 1 heterocycles. The molecule has 64 valence electrons. The summed E-state index contributed by atoms with van der Waals surface area (Å²) in [5.74, 6) is -0.0787. The second-order valence-electron chi connectivity index (χ2n) is 2.10. The first-order valence-corrected chi connectivity index (χ1v) is 3.55. The SMILES string of the molecule is CC(=O)CC=O.c1ccncc1. The number of Topliss-reactive ketones (excluding diaryl/α,β-unsaturated/α-hetero) is 1. The van der Waals surface area contributed by atoms with Crippen LogP contribution in [0.2, 0.25) is 0 Å². The molecule has 0 saturated heterocycles. The molecule has 1 aromatic rings. The Bertz CT molecular complexity index is 195. The molecule has 0 aromatic carbocycles. The molecule has 0 saturated carbocycles. The normalized spacial score (nSPS) is 7.75. The molecular formula is C9H11NO2. The molecule has 0 atom stereocenters. The minimum absolute atomic E-state index is 0.0556. The Hall–Kier alpha value is -1.51. The first-order valence-electron chi connectivity index (χ1n) is 3.55. The standard InChI is InChI=1S/C5H5N.C4H6O2/c1-2-4-6-5-3-1;1-4(6)2-3-5/h1-5H;3H,2H2,1H3. The van der Waals surface area contributed by atoms with Gasteiger partial charge in [0.2, 0.25) is 0 Å². The maximum absolute atomic E-state index is 9.81. The molecule has 0 amide bonds. The topological polar surface area (TPSA) is 47.0 Å². The minimum Gasteiger partial charge on any atom is -0.303 e. The fourth-order valence-corrected chi connectivity index (χ4v) is 0.430. The summed E-state index contributed by atoms with van der Waals surface area (Å²) >= 11 is 0. The third-order valence-corrected chi connectivity index (χ3v) is 0.937. The van der Waals surface area contributed by atoms with Gasteiger partial charge in [0.25, 0.3) is 0 Å². The molecule has 3 nitrogen and oxygen atoms in total. The Morgan fingerprint density at radius 2 is 1.92 bits per heavy atom. The van der Waals surface area contributed by atoms with Gasteiger partial charge in [-0.3, -0.25) is 9.78 Å². The van der Waals surface area contributed by atoms with Crippen molar-refractivity contribution < 1.29 is 9.59 Å². The van der Waals surface area contributed by atoms with Crippen molar-refractivity contribution in [3.8, 4) is 0 Å². The maximum atomic E-state index is 9.81. The van der Waals surface area contributed by atoms with Crippen LogP contribution in [-0.4, -0.2) is 17.1 Å². The van der Waals surface area contributed by atoms with Gasteiger partial charge < -0.3 is 4.79 Å². The van der Waals surface area contributed by atoms with E-state index in [1.54, 1.807) is 12.4 Å². The van der Waals surface area contributed by atoms with Gasteiger partial charge in [-0.15, -0.1) is 0 Å². The van der Waals surface area contributed by atoms with Gasteiger partial charge in [0.15, 0.2) is 0 Å². The van der Waals surface area contributed by atoms with E-state index in [2.05, 4.69) is 4.98 Å². The van der Waals surface area contributed by atoms with E-state index in [1.807, 2.05) is 18.2 Å². The smallest absolute Gasteiger partial charge is 0.136 e. The molecule has 0 bridgehead atoms. The van der Waals surface area contributed by atoms with Crippen LogP contribution in [0.3, 0.4) is 0 Å². The molecule has 0 fully saturated rings. The van der Waals surface area contributed by atoms with Crippen molar-refractivity contribution in [1.82, 2.24) is 4.98 Å². The number of ketones is 1. The Kier molecular flexibility index (Phi) is 6.64. The van der Waals surface area contributed by atoms with Crippen LogP contribution in [0.5, 0.6) is 0 Å². The van der Waals surface area contributed by atoms with Gasteiger partial charge in [-0.05, 0) is 19.1 Å². The number of carbonyl (C=O) groups excluding carboxylic acids is 2. The molecule has 1 rings (SSSR count). The predicted octanol–water partition coefficient (Wildman–Crippen LogP) is 1.25. The quantitative estimate of drug-likeness (QED) is 0.489. The van der Waals surface area contributed by atoms with Crippen molar-refractivity contribution in [2.45, 2.75) is 13.3 Å². The highest BCUT2D eigenvalue weighted by atomic mass is 16.1. The zero-order valence-corrected chi connectivity index (χ0v) is 6.93. The van der Waals surface area contributed by atoms with Gasteiger partial charge in [-0.25, -0.2) is 0 Å². The minimum atomic E-state index is -0.0787. The van der Waals surface area contributed by atoms with Crippen molar-refractivity contribution in [1.29, 1.82) is 0 Å². The van der Waals surface area contributed by atoms with E-state index in [0.29, 0.717) is 6.29 Å². The third-order valence-electron chi connectivity index (χ3n) is 0.937. The Morgan fingerprint density at radius 1 is 1.33 bits per heavy atom. The number of hydrogen-bond donors (Lipinski definition) is 0. The van der Waals surface area contributed by atoms with E-state index in [9.17, 15) is 9.59 Å². The van der Waals surface area contributed by atoms with Gasteiger partial charge in [-0.2, -0.15) is 0 Å². The fourth-order valence-electron chi connectivity index (χ4n) is 0.430. The van der Waals surface area contributed by atoms with Crippen molar-refractivity contribution in [3.63, 3.8) is 0 Å². The molecule has 0 aliphatic rings. The van der Waals surface area contributed by atoms with Gasteiger partial charge >= 0.3 is 0 Å². The number of aldehydes is 1. The van der Waals surface area contributed by atoms with E-state index in [4.69, 9.17) is 0 Å². The second-order valence-corrected chi connectivity index (χ2v) is 2.10. The molecule has 0 unspecified atom stereocenters. The summed E-state index contributed by atoms with van der Waals surface area (Å²) in [7, 11) is 0. The van der Waals surface area contributed by atoms with Crippen LogP contribution in [0.4, 0.5) is 0 Å². The average Bonchev–Trinajstić information content (AvgIpc) is 2.08. The summed E-state index contributed by atoms with van der Waals surface area (Å²) < 4.78 is 0. The molecule has 0 aliphatic carbocycles. The largest absolute Gasteiger partial charge is 0.303 e. The lowest BCUT2D eigenvalue weighted by molar-refractivity contribution is -0.120. The van der Waals surface area contributed by atoms with Crippen LogP contribution in [0.15, 0.2) is 30.6 Å². The summed E-state index contributed by atoms with van der Waals surface area (Å²) in [5, 5.41) is 0. The number of hydrogen-bond acceptors (Lipinski definition) is 3. The zero-order valence-electron chi connectivity index (χ0n) is 6.93. The van der Waals surface area contributed by atoms with Gasteiger partial charge in [0.05, 0.1) is 6.42 Å². The first-order chi connectivity index (χ1) is 5.77. The highest BCUT2D eigenvalue weighted by Gasteiger charge is 1.83. The number of carbonyl (C=O) groups is 2. The van der Waals surface area contributed by atoms with E-state index >= 15 is 0 Å². The maximum Gasteiger partial charge on any atom is 0.136 e. The molecule has 12 heavy (non-hydrogen) atoms. The van der Waals surface area contributed by atoms with Gasteiger partial charge in [0, 0.05) is 12.4 Å². The van der Waals surface area contributed by atoms with Crippen molar-refractivity contribution in [3.05, 3.63) is 30.6 Å². The van der Waals surface area contributed by atoms with E-state index < -0.39 is 0 Å². The average molecular weight is 165 g/mol. The number of pyridine rings is 1. The van der Waals surface area contributed by atoms with E-state index in [-0.39, 0.29) is 12.2 Å². The molecule has 0 N–H and O–H groups in total. The summed E-state index contributed by atoms with van der Waals surface area (Å²) in [4.78, 5) is 23.0. The van der Waals surface area contributed by atoms with Crippen molar-refractivity contribution in [2.24, 2.45) is 0 Å². The zero-order chi connectivity index (χ0) is 9.23. The van der Waals surface area contributed by atoms with Gasteiger partial charge in [-0.1, -0.05) is 6.07 Å². The van der Waals surface area contributed by atoms with Gasteiger partial charge in [0.1, 0.15) is 12.1 Å². The third kappa shape index (κ3) is 8.49. The van der Waals surface area contributed by atoms with Crippen LogP contribution >= 0.6 is 0 Å². The Morgan fingerprint density at radius 3 is 2.00 bits per heavy atom. The summed E-state index contributed by atoms with van der Waals surface area (Å²) in [6.45, 7) is 1.38. The van der Waals surface area contributed by atoms with Crippen molar-refractivity contribution >= 4 is 12.1 Å². The van der Waals surface area contributed by atoms with Crippen LogP contribution in [0.25, 0.3) is 0 Å². The summed E-state index contributed by atoms with van der Waals surface area (Å²) in [6, 6.07) is 5.72.